The van der Waals surface area contributed by atoms with Crippen LogP contribution in [-0.2, 0) is 11.2 Å². The van der Waals surface area contributed by atoms with Gasteiger partial charge in [-0.2, -0.15) is 0 Å². The van der Waals surface area contributed by atoms with E-state index in [0.717, 1.165) is 11.3 Å². The molecule has 0 saturated carbocycles. The molecular formula is C19H17NO3. The van der Waals surface area contributed by atoms with Crippen LogP contribution in [0.4, 0.5) is 5.69 Å². The number of Topliss-reactive ketones (excluding diaryl/α,β-unsaturated/α-hetero) is 2. The molecule has 0 fully saturated rings. The molecule has 116 valence electrons. The first-order valence-electron chi connectivity index (χ1n) is 7.36. The molecule has 0 aliphatic heterocycles. The summed E-state index contributed by atoms with van der Waals surface area (Å²) < 4.78 is 0. The van der Waals surface area contributed by atoms with E-state index in [2.05, 4.69) is 0 Å². The molecule has 0 aromatic heterocycles. The van der Waals surface area contributed by atoms with Crippen LogP contribution >= 0.6 is 0 Å². The average Bonchev–Trinajstić information content (AvgIpc) is 2.57. The number of rotatable bonds is 3. The molecule has 0 amide bonds. The van der Waals surface area contributed by atoms with E-state index in [1.165, 1.54) is 0 Å². The van der Waals surface area contributed by atoms with Gasteiger partial charge in [-0.05, 0) is 17.7 Å². The molecule has 1 aliphatic rings. The Labute approximate surface area is 134 Å². The van der Waals surface area contributed by atoms with Gasteiger partial charge in [0.15, 0.2) is 0 Å². The summed E-state index contributed by atoms with van der Waals surface area (Å²) in [7, 11) is 3.90. The van der Waals surface area contributed by atoms with Crippen LogP contribution in [0.25, 0.3) is 5.76 Å². The Morgan fingerprint density at radius 2 is 1.48 bits per heavy atom. The molecule has 0 atom stereocenters. The van der Waals surface area contributed by atoms with E-state index >= 15 is 0 Å². The predicted octanol–water partition coefficient (Wildman–Crippen LogP) is 3.03. The highest BCUT2D eigenvalue weighted by Gasteiger charge is 2.32. The van der Waals surface area contributed by atoms with Gasteiger partial charge in [0.25, 0.3) is 0 Å². The monoisotopic (exact) mass is 307 g/mol. The summed E-state index contributed by atoms with van der Waals surface area (Å²) in [6, 6.07) is 14.3. The van der Waals surface area contributed by atoms with Crippen LogP contribution in [0.5, 0.6) is 0 Å². The SMILES string of the molecule is CN(C)c1ccc(CC2=C(O)c3ccccc3C(=O)C2=O)cc1. The molecule has 4 nitrogen and oxygen atoms in total. The van der Waals surface area contributed by atoms with Crippen molar-refractivity contribution in [3.8, 4) is 0 Å². The number of carbonyl (C=O) groups is 2. The highest BCUT2D eigenvalue weighted by molar-refractivity contribution is 6.52. The predicted molar refractivity (Wildman–Crippen MR) is 89.8 cm³/mol. The zero-order chi connectivity index (χ0) is 16.6. The van der Waals surface area contributed by atoms with Crippen molar-refractivity contribution in [2.24, 2.45) is 0 Å². The Morgan fingerprint density at radius 3 is 2.09 bits per heavy atom. The number of hydrogen-bond acceptors (Lipinski definition) is 4. The topological polar surface area (TPSA) is 57.6 Å². The minimum Gasteiger partial charge on any atom is -0.507 e. The van der Waals surface area contributed by atoms with Gasteiger partial charge < -0.3 is 10.0 Å². The molecule has 0 radical (unpaired) electrons. The Hall–Kier alpha value is -2.88. The van der Waals surface area contributed by atoms with Gasteiger partial charge in [0.2, 0.25) is 11.6 Å². The van der Waals surface area contributed by atoms with Crippen molar-refractivity contribution < 1.29 is 14.7 Å². The molecule has 2 aromatic carbocycles. The zero-order valence-corrected chi connectivity index (χ0v) is 13.0. The van der Waals surface area contributed by atoms with Gasteiger partial charge in [0, 0.05) is 37.3 Å². The second kappa shape index (κ2) is 5.72. The summed E-state index contributed by atoms with van der Waals surface area (Å²) >= 11 is 0. The lowest BCUT2D eigenvalue weighted by Gasteiger charge is -2.18. The summed E-state index contributed by atoms with van der Waals surface area (Å²) in [4.78, 5) is 26.5. The van der Waals surface area contributed by atoms with Crippen LogP contribution in [0.2, 0.25) is 0 Å². The number of aliphatic hydroxyl groups is 1. The van der Waals surface area contributed by atoms with Crippen LogP contribution in [0.15, 0.2) is 54.1 Å². The van der Waals surface area contributed by atoms with Gasteiger partial charge >= 0.3 is 0 Å². The van der Waals surface area contributed by atoms with E-state index < -0.39 is 11.6 Å². The lowest BCUT2D eigenvalue weighted by Crippen LogP contribution is -2.25. The minimum atomic E-state index is -0.627. The Balaban J connectivity index is 1.98. The zero-order valence-electron chi connectivity index (χ0n) is 13.0. The highest BCUT2D eigenvalue weighted by Crippen LogP contribution is 2.29. The number of ketones is 2. The highest BCUT2D eigenvalue weighted by atomic mass is 16.3. The third-order valence-electron chi connectivity index (χ3n) is 4.03. The van der Waals surface area contributed by atoms with E-state index in [4.69, 9.17) is 0 Å². The molecule has 0 spiro atoms. The van der Waals surface area contributed by atoms with Gasteiger partial charge in [-0.3, -0.25) is 9.59 Å². The fourth-order valence-electron chi connectivity index (χ4n) is 2.70. The fourth-order valence-corrected chi connectivity index (χ4v) is 2.70. The molecular weight excluding hydrogens is 290 g/mol. The minimum absolute atomic E-state index is 0.0955. The number of hydrogen-bond donors (Lipinski definition) is 1. The van der Waals surface area contributed by atoms with E-state index in [9.17, 15) is 14.7 Å². The van der Waals surface area contributed by atoms with Gasteiger partial charge in [-0.15, -0.1) is 0 Å². The first-order chi connectivity index (χ1) is 11.0. The number of nitrogens with zero attached hydrogens (tertiary/aromatic N) is 1. The normalized spacial score (nSPS) is 14.0. The summed E-state index contributed by atoms with van der Waals surface area (Å²) in [5, 5.41) is 10.4. The average molecular weight is 307 g/mol. The molecule has 0 saturated heterocycles. The molecule has 0 unspecified atom stereocenters. The summed E-state index contributed by atoms with van der Waals surface area (Å²) in [6.45, 7) is 0. The second-order valence-electron chi connectivity index (χ2n) is 5.77. The van der Waals surface area contributed by atoms with Crippen molar-refractivity contribution in [2.75, 3.05) is 19.0 Å². The first-order valence-corrected chi connectivity index (χ1v) is 7.36. The van der Waals surface area contributed by atoms with E-state index in [1.807, 2.05) is 43.3 Å². The summed E-state index contributed by atoms with van der Waals surface area (Å²) in [5.41, 5.74) is 2.77. The van der Waals surface area contributed by atoms with Crippen molar-refractivity contribution in [3.63, 3.8) is 0 Å². The Kier molecular flexibility index (Phi) is 3.74. The maximum atomic E-state index is 12.3. The number of carbonyl (C=O) groups excluding carboxylic acids is 2. The van der Waals surface area contributed by atoms with Crippen LogP contribution in [0, 0.1) is 0 Å². The number of fused-ring (bicyclic) bond motifs is 1. The Morgan fingerprint density at radius 1 is 0.870 bits per heavy atom. The molecule has 3 rings (SSSR count). The molecule has 1 N–H and O–H groups in total. The standard InChI is InChI=1S/C19H17NO3/c1-20(2)13-9-7-12(8-10-13)11-16-17(21)14-5-3-4-6-15(14)18(22)19(16)23/h3-10,21H,11H2,1-2H3. The number of anilines is 1. The van der Waals surface area contributed by atoms with E-state index in [0.29, 0.717) is 5.56 Å². The third kappa shape index (κ3) is 2.63. The second-order valence-corrected chi connectivity index (χ2v) is 5.77. The largest absolute Gasteiger partial charge is 0.507 e. The smallest absolute Gasteiger partial charge is 0.234 e. The molecule has 4 heteroatoms. The van der Waals surface area contributed by atoms with E-state index in [-0.39, 0.29) is 23.3 Å². The maximum absolute atomic E-state index is 12.3. The van der Waals surface area contributed by atoms with E-state index in [1.54, 1.807) is 24.3 Å². The quantitative estimate of drug-likeness (QED) is 0.886. The number of benzene rings is 2. The molecule has 1 aliphatic carbocycles. The van der Waals surface area contributed by atoms with Gasteiger partial charge in [0.1, 0.15) is 5.76 Å². The van der Waals surface area contributed by atoms with Crippen molar-refractivity contribution in [2.45, 2.75) is 6.42 Å². The summed E-state index contributed by atoms with van der Waals surface area (Å²) in [6.07, 6.45) is 0.235. The van der Waals surface area contributed by atoms with Gasteiger partial charge in [0.05, 0.1) is 5.57 Å². The van der Waals surface area contributed by atoms with Crippen molar-refractivity contribution >= 4 is 23.0 Å². The lowest BCUT2D eigenvalue weighted by molar-refractivity contribution is -0.112. The van der Waals surface area contributed by atoms with Crippen molar-refractivity contribution in [1.29, 1.82) is 0 Å². The van der Waals surface area contributed by atoms with Crippen LogP contribution in [-0.4, -0.2) is 30.8 Å². The lowest BCUT2D eigenvalue weighted by atomic mass is 9.86. The van der Waals surface area contributed by atoms with Crippen molar-refractivity contribution in [3.05, 3.63) is 70.8 Å². The first kappa shape index (κ1) is 15.0. The van der Waals surface area contributed by atoms with Gasteiger partial charge in [-0.1, -0.05) is 36.4 Å². The molecule has 23 heavy (non-hydrogen) atoms. The maximum Gasteiger partial charge on any atom is 0.234 e. The number of allylic oxidation sites excluding steroid dienone is 1. The van der Waals surface area contributed by atoms with Crippen LogP contribution < -0.4 is 4.90 Å². The molecule has 0 heterocycles. The summed E-state index contributed by atoms with van der Waals surface area (Å²) in [5.74, 6) is -1.28. The third-order valence-corrected chi connectivity index (χ3v) is 4.03. The Bertz CT molecular complexity index is 817. The van der Waals surface area contributed by atoms with Crippen LogP contribution in [0.3, 0.4) is 0 Å². The fraction of sp³-hybridized carbons (Fsp3) is 0.158. The van der Waals surface area contributed by atoms with Gasteiger partial charge in [-0.25, -0.2) is 0 Å². The van der Waals surface area contributed by atoms with Crippen molar-refractivity contribution in [1.82, 2.24) is 0 Å². The number of aliphatic hydroxyl groups excluding tert-OH is 1. The molecule has 2 aromatic rings. The molecule has 0 bridgehead atoms. The van der Waals surface area contributed by atoms with Crippen LogP contribution in [0.1, 0.15) is 21.5 Å².